The van der Waals surface area contributed by atoms with Crippen LogP contribution in [0.25, 0.3) is 11.3 Å². The van der Waals surface area contributed by atoms with Crippen LogP contribution < -0.4 is 5.32 Å². The molecule has 0 aliphatic carbocycles. The van der Waals surface area contributed by atoms with Crippen molar-refractivity contribution in [3.8, 4) is 11.3 Å². The van der Waals surface area contributed by atoms with E-state index in [1.165, 1.54) is 0 Å². The standard InChI is InChI=1S/C16H14N4O/c1-11-18-10-15(19-11)12-5-4-6-13(9-12)20-16(21)14-7-2-3-8-17-14/h2-10H,1H3,(H,18,19)(H,20,21). The minimum Gasteiger partial charge on any atom is -0.342 e. The molecule has 1 amide bonds. The highest BCUT2D eigenvalue weighted by Gasteiger charge is 2.08. The van der Waals surface area contributed by atoms with Gasteiger partial charge in [0.2, 0.25) is 0 Å². The fraction of sp³-hybridized carbons (Fsp3) is 0.0625. The first-order chi connectivity index (χ1) is 10.2. The number of rotatable bonds is 3. The Labute approximate surface area is 122 Å². The van der Waals surface area contributed by atoms with Gasteiger partial charge in [0.25, 0.3) is 5.91 Å². The summed E-state index contributed by atoms with van der Waals surface area (Å²) >= 11 is 0. The molecule has 0 radical (unpaired) electrons. The summed E-state index contributed by atoms with van der Waals surface area (Å²) in [4.78, 5) is 23.4. The van der Waals surface area contributed by atoms with E-state index in [0.717, 1.165) is 22.8 Å². The number of nitrogens with one attached hydrogen (secondary N) is 2. The van der Waals surface area contributed by atoms with Crippen LogP contribution in [0.5, 0.6) is 0 Å². The van der Waals surface area contributed by atoms with Crippen LogP contribution >= 0.6 is 0 Å². The van der Waals surface area contributed by atoms with Crippen molar-refractivity contribution in [2.24, 2.45) is 0 Å². The molecule has 2 N–H and O–H groups in total. The highest BCUT2D eigenvalue weighted by atomic mass is 16.1. The van der Waals surface area contributed by atoms with Crippen LogP contribution in [0, 0.1) is 6.92 Å². The number of H-pyrrole nitrogens is 1. The third-order valence-corrected chi connectivity index (χ3v) is 3.03. The molecular weight excluding hydrogens is 264 g/mol. The maximum Gasteiger partial charge on any atom is 0.274 e. The lowest BCUT2D eigenvalue weighted by Crippen LogP contribution is -2.13. The van der Waals surface area contributed by atoms with Crippen molar-refractivity contribution in [2.45, 2.75) is 6.92 Å². The van der Waals surface area contributed by atoms with Crippen molar-refractivity contribution in [1.82, 2.24) is 15.0 Å². The first-order valence-electron chi connectivity index (χ1n) is 6.57. The molecule has 0 aliphatic rings. The van der Waals surface area contributed by atoms with Gasteiger partial charge in [-0.05, 0) is 31.2 Å². The van der Waals surface area contributed by atoms with Crippen LogP contribution in [0.15, 0.2) is 54.9 Å². The van der Waals surface area contributed by atoms with E-state index >= 15 is 0 Å². The molecule has 0 saturated heterocycles. The second kappa shape index (κ2) is 5.58. The van der Waals surface area contributed by atoms with E-state index < -0.39 is 0 Å². The van der Waals surface area contributed by atoms with Crippen molar-refractivity contribution in [3.63, 3.8) is 0 Å². The van der Waals surface area contributed by atoms with Crippen molar-refractivity contribution >= 4 is 11.6 Å². The van der Waals surface area contributed by atoms with Crippen LogP contribution in [0.1, 0.15) is 16.3 Å². The van der Waals surface area contributed by atoms with E-state index in [9.17, 15) is 4.79 Å². The van der Waals surface area contributed by atoms with E-state index in [2.05, 4.69) is 20.3 Å². The van der Waals surface area contributed by atoms with Gasteiger partial charge >= 0.3 is 0 Å². The molecule has 104 valence electrons. The Hall–Kier alpha value is -2.95. The van der Waals surface area contributed by atoms with Gasteiger partial charge < -0.3 is 10.3 Å². The molecule has 3 aromatic rings. The fourth-order valence-electron chi connectivity index (χ4n) is 2.02. The normalized spacial score (nSPS) is 10.3. The molecule has 0 atom stereocenters. The molecule has 1 aromatic carbocycles. The summed E-state index contributed by atoms with van der Waals surface area (Å²) in [5.74, 6) is 0.626. The summed E-state index contributed by atoms with van der Waals surface area (Å²) in [5, 5.41) is 2.84. The zero-order valence-electron chi connectivity index (χ0n) is 11.5. The Morgan fingerprint density at radius 1 is 1.14 bits per heavy atom. The Balaban J connectivity index is 1.82. The quantitative estimate of drug-likeness (QED) is 0.773. The van der Waals surface area contributed by atoms with Crippen LogP contribution in [0.3, 0.4) is 0 Å². The molecule has 0 fully saturated rings. The number of amides is 1. The summed E-state index contributed by atoms with van der Waals surface area (Å²) in [5.41, 5.74) is 2.99. The summed E-state index contributed by atoms with van der Waals surface area (Å²) in [6, 6.07) is 12.8. The average molecular weight is 278 g/mol. The van der Waals surface area contributed by atoms with Crippen LogP contribution in [-0.2, 0) is 0 Å². The molecule has 5 heteroatoms. The summed E-state index contributed by atoms with van der Waals surface area (Å²) in [6.45, 7) is 1.90. The maximum absolute atomic E-state index is 12.1. The van der Waals surface area contributed by atoms with Gasteiger partial charge in [0, 0.05) is 17.4 Å². The minimum atomic E-state index is -0.228. The van der Waals surface area contributed by atoms with Gasteiger partial charge in [-0.15, -0.1) is 0 Å². The molecule has 0 aliphatic heterocycles. The summed E-state index contributed by atoms with van der Waals surface area (Å²) < 4.78 is 0. The summed E-state index contributed by atoms with van der Waals surface area (Å²) in [6.07, 6.45) is 3.37. The molecular formula is C16H14N4O. The van der Waals surface area contributed by atoms with Crippen LogP contribution in [-0.4, -0.2) is 20.9 Å². The number of benzene rings is 1. The Bertz CT molecular complexity index is 765. The van der Waals surface area contributed by atoms with E-state index in [0.29, 0.717) is 5.69 Å². The molecule has 0 bridgehead atoms. The predicted molar refractivity (Wildman–Crippen MR) is 81.0 cm³/mol. The predicted octanol–water partition coefficient (Wildman–Crippen LogP) is 3.03. The smallest absolute Gasteiger partial charge is 0.274 e. The van der Waals surface area contributed by atoms with E-state index in [1.807, 2.05) is 31.2 Å². The van der Waals surface area contributed by atoms with Gasteiger partial charge in [0.1, 0.15) is 11.5 Å². The highest BCUT2D eigenvalue weighted by Crippen LogP contribution is 2.21. The molecule has 5 nitrogen and oxygen atoms in total. The number of aromatic amines is 1. The van der Waals surface area contributed by atoms with Gasteiger partial charge in [-0.1, -0.05) is 18.2 Å². The first kappa shape index (κ1) is 13.1. The van der Waals surface area contributed by atoms with Gasteiger partial charge in [-0.3, -0.25) is 9.78 Å². The minimum absolute atomic E-state index is 0.228. The second-order valence-corrected chi connectivity index (χ2v) is 4.63. The largest absolute Gasteiger partial charge is 0.342 e. The molecule has 2 aromatic heterocycles. The third-order valence-electron chi connectivity index (χ3n) is 3.03. The lowest BCUT2D eigenvalue weighted by molar-refractivity contribution is 0.102. The van der Waals surface area contributed by atoms with Gasteiger partial charge in [0.05, 0.1) is 11.9 Å². The molecule has 2 heterocycles. The number of anilines is 1. The van der Waals surface area contributed by atoms with Crippen LogP contribution in [0.2, 0.25) is 0 Å². The first-order valence-corrected chi connectivity index (χ1v) is 6.57. The number of hydrogen-bond donors (Lipinski definition) is 2. The van der Waals surface area contributed by atoms with Crippen molar-refractivity contribution in [3.05, 3.63) is 66.4 Å². The van der Waals surface area contributed by atoms with Crippen LogP contribution in [0.4, 0.5) is 5.69 Å². The van der Waals surface area contributed by atoms with E-state index in [-0.39, 0.29) is 5.91 Å². The fourth-order valence-corrected chi connectivity index (χ4v) is 2.02. The van der Waals surface area contributed by atoms with E-state index in [1.54, 1.807) is 30.6 Å². The number of carbonyl (C=O) groups excluding carboxylic acids is 1. The van der Waals surface area contributed by atoms with Gasteiger partial charge in [-0.25, -0.2) is 4.98 Å². The SMILES string of the molecule is Cc1ncc(-c2cccc(NC(=O)c3ccccn3)c2)[nH]1. The lowest BCUT2D eigenvalue weighted by Gasteiger charge is -2.06. The lowest BCUT2D eigenvalue weighted by atomic mass is 10.1. The van der Waals surface area contributed by atoms with E-state index in [4.69, 9.17) is 0 Å². The number of aryl methyl sites for hydroxylation is 1. The Morgan fingerprint density at radius 3 is 2.76 bits per heavy atom. The molecule has 3 rings (SSSR count). The van der Waals surface area contributed by atoms with Gasteiger partial charge in [0.15, 0.2) is 0 Å². The van der Waals surface area contributed by atoms with Gasteiger partial charge in [-0.2, -0.15) is 0 Å². The maximum atomic E-state index is 12.1. The number of hydrogen-bond acceptors (Lipinski definition) is 3. The molecule has 0 spiro atoms. The number of nitrogens with zero attached hydrogens (tertiary/aromatic N) is 2. The monoisotopic (exact) mass is 278 g/mol. The zero-order valence-corrected chi connectivity index (χ0v) is 11.5. The molecule has 0 unspecified atom stereocenters. The zero-order chi connectivity index (χ0) is 14.7. The second-order valence-electron chi connectivity index (χ2n) is 4.63. The Morgan fingerprint density at radius 2 is 2.05 bits per heavy atom. The van der Waals surface area contributed by atoms with Crippen molar-refractivity contribution < 1.29 is 4.79 Å². The third kappa shape index (κ3) is 2.97. The molecule has 0 saturated carbocycles. The summed E-state index contributed by atoms with van der Waals surface area (Å²) in [7, 11) is 0. The van der Waals surface area contributed by atoms with Crippen molar-refractivity contribution in [2.75, 3.05) is 5.32 Å². The van der Waals surface area contributed by atoms with Crippen molar-refractivity contribution in [1.29, 1.82) is 0 Å². The Kier molecular flexibility index (Phi) is 3.47. The number of imidazole rings is 1. The number of aromatic nitrogens is 3. The number of carbonyl (C=O) groups is 1. The average Bonchev–Trinajstić information content (AvgIpc) is 2.95. The highest BCUT2D eigenvalue weighted by molar-refractivity contribution is 6.03. The number of pyridine rings is 1. The molecule has 21 heavy (non-hydrogen) atoms. The topological polar surface area (TPSA) is 70.7 Å².